The van der Waals surface area contributed by atoms with Gasteiger partial charge in [0.2, 0.25) is 0 Å². The molecule has 0 saturated carbocycles. The van der Waals surface area contributed by atoms with E-state index in [4.69, 9.17) is 9.47 Å². The molecule has 2 rings (SSSR count). The van der Waals surface area contributed by atoms with Gasteiger partial charge < -0.3 is 14.6 Å². The molecule has 1 aromatic carbocycles. The summed E-state index contributed by atoms with van der Waals surface area (Å²) in [5, 5.41) is 11.3. The minimum Gasteiger partial charge on any atom is -0.497 e. The van der Waals surface area contributed by atoms with E-state index in [1.165, 1.54) is 11.3 Å². The predicted molar refractivity (Wildman–Crippen MR) is 77.9 cm³/mol. The van der Waals surface area contributed by atoms with Crippen molar-refractivity contribution in [2.75, 3.05) is 14.2 Å². The fraction of sp³-hybridized carbons (Fsp3) is 0.267. The normalized spacial score (nSPS) is 11.9. The molecule has 0 amide bonds. The number of hydrogen-bond donors (Lipinski definition) is 1. The maximum absolute atomic E-state index is 11.5. The summed E-state index contributed by atoms with van der Waals surface area (Å²) >= 11 is 1.45. The molecule has 1 unspecified atom stereocenters. The Morgan fingerprint density at radius 3 is 2.65 bits per heavy atom. The van der Waals surface area contributed by atoms with Crippen LogP contribution in [0.4, 0.5) is 0 Å². The zero-order valence-electron chi connectivity index (χ0n) is 11.3. The van der Waals surface area contributed by atoms with Gasteiger partial charge in [0.1, 0.15) is 11.5 Å². The molecule has 0 bridgehead atoms. The summed E-state index contributed by atoms with van der Waals surface area (Å²) in [5.41, 5.74) is 0.856. The molecule has 0 aliphatic carbocycles. The highest BCUT2D eigenvalue weighted by molar-refractivity contribution is 7.10. The lowest BCUT2D eigenvalue weighted by molar-refractivity contribution is -0.138. The molecule has 1 atom stereocenters. The largest absolute Gasteiger partial charge is 0.497 e. The van der Waals surface area contributed by atoms with Crippen molar-refractivity contribution in [1.82, 2.24) is 0 Å². The molecule has 20 heavy (non-hydrogen) atoms. The highest BCUT2D eigenvalue weighted by Gasteiger charge is 2.23. The number of carboxylic acids is 1. The maximum Gasteiger partial charge on any atom is 0.312 e. The Hall–Kier alpha value is -2.01. The van der Waals surface area contributed by atoms with Crippen LogP contribution in [0.25, 0.3) is 0 Å². The summed E-state index contributed by atoms with van der Waals surface area (Å²) in [4.78, 5) is 12.3. The van der Waals surface area contributed by atoms with E-state index < -0.39 is 11.9 Å². The standard InChI is InChI=1S/C15H16O4S/c1-18-11-6-5-10(13(9-11)19-2)8-12(15(16)17)14-4-3-7-20-14/h3-7,9,12H,8H2,1-2H3,(H,16,17). The lowest BCUT2D eigenvalue weighted by Gasteiger charge is -2.14. The van der Waals surface area contributed by atoms with Crippen molar-refractivity contribution >= 4 is 17.3 Å². The third kappa shape index (κ3) is 3.11. The number of carbonyl (C=O) groups is 1. The molecule has 0 spiro atoms. The van der Waals surface area contributed by atoms with Crippen LogP contribution in [0, 0.1) is 0 Å². The lowest BCUT2D eigenvalue weighted by Crippen LogP contribution is -2.13. The molecule has 5 heteroatoms. The van der Waals surface area contributed by atoms with Crippen LogP contribution in [0.5, 0.6) is 11.5 Å². The maximum atomic E-state index is 11.5. The molecule has 0 radical (unpaired) electrons. The number of hydrogen-bond acceptors (Lipinski definition) is 4. The van der Waals surface area contributed by atoms with Gasteiger partial charge in [-0.2, -0.15) is 0 Å². The second-order valence-electron chi connectivity index (χ2n) is 4.29. The molecule has 0 aliphatic heterocycles. The van der Waals surface area contributed by atoms with Crippen molar-refractivity contribution in [3.05, 3.63) is 46.2 Å². The summed E-state index contributed by atoms with van der Waals surface area (Å²) in [7, 11) is 3.15. The average molecular weight is 292 g/mol. The molecule has 106 valence electrons. The number of aliphatic carboxylic acids is 1. The van der Waals surface area contributed by atoms with Crippen LogP contribution in [0.1, 0.15) is 16.4 Å². The van der Waals surface area contributed by atoms with Crippen LogP contribution in [-0.4, -0.2) is 25.3 Å². The van der Waals surface area contributed by atoms with Gasteiger partial charge in [-0.05, 0) is 29.5 Å². The van der Waals surface area contributed by atoms with Crippen LogP contribution in [0.3, 0.4) is 0 Å². The van der Waals surface area contributed by atoms with Gasteiger partial charge in [0.05, 0.1) is 20.1 Å². The Bertz CT molecular complexity index is 578. The van der Waals surface area contributed by atoms with Gasteiger partial charge >= 0.3 is 5.97 Å². The van der Waals surface area contributed by atoms with E-state index in [0.717, 1.165) is 10.4 Å². The fourth-order valence-electron chi connectivity index (χ4n) is 2.04. The topological polar surface area (TPSA) is 55.8 Å². The van der Waals surface area contributed by atoms with Crippen molar-refractivity contribution in [2.24, 2.45) is 0 Å². The summed E-state index contributed by atoms with van der Waals surface area (Å²) < 4.78 is 10.5. The Kier molecular flexibility index (Phi) is 4.63. The lowest BCUT2D eigenvalue weighted by atomic mass is 9.97. The Morgan fingerprint density at radius 1 is 1.30 bits per heavy atom. The first-order chi connectivity index (χ1) is 9.65. The molecule has 4 nitrogen and oxygen atoms in total. The molecular weight excluding hydrogens is 276 g/mol. The van der Waals surface area contributed by atoms with E-state index in [1.807, 2.05) is 29.6 Å². The first-order valence-corrected chi connectivity index (χ1v) is 7.00. The van der Waals surface area contributed by atoms with Crippen LogP contribution < -0.4 is 9.47 Å². The zero-order valence-corrected chi connectivity index (χ0v) is 12.1. The van der Waals surface area contributed by atoms with Gasteiger partial charge in [0.25, 0.3) is 0 Å². The predicted octanol–water partition coefficient (Wildman–Crippen LogP) is 3.18. The molecule has 0 aliphatic rings. The SMILES string of the molecule is COc1ccc(CC(C(=O)O)c2cccs2)c(OC)c1. The molecule has 1 N–H and O–H groups in total. The highest BCUT2D eigenvalue weighted by atomic mass is 32.1. The Morgan fingerprint density at radius 2 is 2.10 bits per heavy atom. The van der Waals surface area contributed by atoms with E-state index in [1.54, 1.807) is 20.3 Å². The first kappa shape index (κ1) is 14.4. The Balaban J connectivity index is 2.29. The molecule has 0 fully saturated rings. The number of thiophene rings is 1. The zero-order chi connectivity index (χ0) is 14.5. The smallest absolute Gasteiger partial charge is 0.312 e. The van der Waals surface area contributed by atoms with Gasteiger partial charge in [-0.3, -0.25) is 4.79 Å². The second-order valence-corrected chi connectivity index (χ2v) is 5.27. The van der Waals surface area contributed by atoms with Crippen molar-refractivity contribution in [2.45, 2.75) is 12.3 Å². The van der Waals surface area contributed by atoms with Gasteiger partial charge in [0.15, 0.2) is 0 Å². The molecular formula is C15H16O4S. The van der Waals surface area contributed by atoms with E-state index in [2.05, 4.69) is 0 Å². The molecule has 0 saturated heterocycles. The number of ether oxygens (including phenoxy) is 2. The van der Waals surface area contributed by atoms with Crippen molar-refractivity contribution < 1.29 is 19.4 Å². The molecule has 1 aromatic heterocycles. The van der Waals surface area contributed by atoms with Crippen LogP contribution in [0.15, 0.2) is 35.7 Å². The van der Waals surface area contributed by atoms with Gasteiger partial charge in [-0.15, -0.1) is 11.3 Å². The van der Waals surface area contributed by atoms with Gasteiger partial charge in [-0.25, -0.2) is 0 Å². The summed E-state index contributed by atoms with van der Waals surface area (Å²) in [6, 6.07) is 9.13. The molecule has 1 heterocycles. The quantitative estimate of drug-likeness (QED) is 0.888. The van der Waals surface area contributed by atoms with Crippen LogP contribution >= 0.6 is 11.3 Å². The fourth-order valence-corrected chi connectivity index (χ4v) is 2.86. The first-order valence-electron chi connectivity index (χ1n) is 6.12. The number of rotatable bonds is 6. The molecule has 2 aromatic rings. The minimum atomic E-state index is -0.828. The number of carboxylic acid groups (broad SMARTS) is 1. The number of benzene rings is 1. The van der Waals surface area contributed by atoms with Gasteiger partial charge in [-0.1, -0.05) is 12.1 Å². The monoisotopic (exact) mass is 292 g/mol. The average Bonchev–Trinajstić information content (AvgIpc) is 2.98. The highest BCUT2D eigenvalue weighted by Crippen LogP contribution is 2.31. The number of methoxy groups -OCH3 is 2. The van der Waals surface area contributed by atoms with Crippen LogP contribution in [-0.2, 0) is 11.2 Å². The van der Waals surface area contributed by atoms with Crippen molar-refractivity contribution in [3.63, 3.8) is 0 Å². The third-order valence-electron chi connectivity index (χ3n) is 3.10. The summed E-state index contributed by atoms with van der Waals surface area (Å²) in [6.45, 7) is 0. The third-order valence-corrected chi connectivity index (χ3v) is 4.09. The van der Waals surface area contributed by atoms with Crippen molar-refractivity contribution in [3.8, 4) is 11.5 Å². The minimum absolute atomic E-state index is 0.392. The van der Waals surface area contributed by atoms with Crippen molar-refractivity contribution in [1.29, 1.82) is 0 Å². The summed E-state index contributed by atoms with van der Waals surface area (Å²) in [6.07, 6.45) is 0.392. The summed E-state index contributed by atoms with van der Waals surface area (Å²) in [5.74, 6) is -0.0524. The van der Waals surface area contributed by atoms with E-state index in [9.17, 15) is 9.90 Å². The Labute approximate surface area is 121 Å². The van der Waals surface area contributed by atoms with Crippen LogP contribution in [0.2, 0.25) is 0 Å². The van der Waals surface area contributed by atoms with Gasteiger partial charge in [0, 0.05) is 10.9 Å². The second kappa shape index (κ2) is 6.43. The van der Waals surface area contributed by atoms with E-state index >= 15 is 0 Å². The van der Waals surface area contributed by atoms with E-state index in [-0.39, 0.29) is 0 Å². The van der Waals surface area contributed by atoms with E-state index in [0.29, 0.717) is 17.9 Å².